The topological polar surface area (TPSA) is 23.6 Å². The molecule has 3 nitrogen and oxygen atoms in total. The molecule has 0 fully saturated rings. The Morgan fingerprint density at radius 1 is 1.06 bits per heavy atom. The quantitative estimate of drug-likeness (QED) is 0.690. The van der Waals surface area contributed by atoms with E-state index in [1.165, 1.54) is 0 Å². The zero-order chi connectivity index (χ0) is 13.5. The molecule has 1 rings (SSSR count). The van der Waals surface area contributed by atoms with Crippen LogP contribution in [0.3, 0.4) is 0 Å². The summed E-state index contributed by atoms with van der Waals surface area (Å²) in [4.78, 5) is 16.4. The molecule has 1 aromatic carbocycles. The summed E-state index contributed by atoms with van der Waals surface area (Å²) in [6.07, 6.45) is 0.592. The molecule has 0 N–H and O–H groups in total. The average Bonchev–Trinajstić information content (AvgIpc) is 2.34. The van der Waals surface area contributed by atoms with Crippen molar-refractivity contribution in [3.8, 4) is 0 Å². The van der Waals surface area contributed by atoms with Gasteiger partial charge in [0, 0.05) is 31.6 Å². The molecule has 0 amide bonds. The van der Waals surface area contributed by atoms with E-state index in [0.717, 1.165) is 30.8 Å². The summed E-state index contributed by atoms with van der Waals surface area (Å²) in [5.41, 5.74) is 1.93. The first-order valence-corrected chi connectivity index (χ1v) is 6.43. The lowest BCUT2D eigenvalue weighted by molar-refractivity contribution is 0.0967. The predicted octanol–water partition coefficient (Wildman–Crippen LogP) is 2.06. The molecule has 100 valence electrons. The van der Waals surface area contributed by atoms with Gasteiger partial charge in [0.05, 0.1) is 0 Å². The summed E-state index contributed by atoms with van der Waals surface area (Å²) in [6, 6.07) is 7.80. The van der Waals surface area contributed by atoms with Gasteiger partial charge in [-0.25, -0.2) is 0 Å². The highest BCUT2D eigenvalue weighted by Gasteiger charge is 2.09. The van der Waals surface area contributed by atoms with Crippen LogP contribution in [0.2, 0.25) is 0 Å². The average molecular weight is 248 g/mol. The molecule has 0 aliphatic rings. The van der Waals surface area contributed by atoms with Crippen molar-refractivity contribution in [2.75, 3.05) is 40.8 Å². The number of rotatable bonds is 7. The lowest BCUT2D eigenvalue weighted by Gasteiger charge is -2.18. The Balaban J connectivity index is 2.40. The number of nitrogens with zero attached hydrogens (tertiary/aromatic N) is 2. The van der Waals surface area contributed by atoms with Gasteiger partial charge in [-0.1, -0.05) is 24.3 Å². The predicted molar refractivity (Wildman–Crippen MR) is 76.2 cm³/mol. The molecule has 0 aliphatic heterocycles. The number of carbonyl (C=O) groups excluding carboxylic acids is 1. The highest BCUT2D eigenvalue weighted by atomic mass is 16.1. The van der Waals surface area contributed by atoms with Gasteiger partial charge < -0.3 is 9.80 Å². The van der Waals surface area contributed by atoms with Crippen LogP contribution in [0.25, 0.3) is 0 Å². The van der Waals surface area contributed by atoms with Crippen LogP contribution < -0.4 is 0 Å². The highest BCUT2D eigenvalue weighted by Crippen LogP contribution is 2.09. The van der Waals surface area contributed by atoms with E-state index in [0.29, 0.717) is 6.42 Å². The summed E-state index contributed by atoms with van der Waals surface area (Å²) in [5.74, 6) is 0.241. The van der Waals surface area contributed by atoms with Gasteiger partial charge in [0.15, 0.2) is 5.78 Å². The lowest BCUT2D eigenvalue weighted by atomic mass is 10.0. The van der Waals surface area contributed by atoms with Gasteiger partial charge in [-0.05, 0) is 33.6 Å². The largest absolute Gasteiger partial charge is 0.308 e. The van der Waals surface area contributed by atoms with Crippen molar-refractivity contribution >= 4 is 5.78 Å². The van der Waals surface area contributed by atoms with Crippen molar-refractivity contribution in [2.24, 2.45) is 0 Å². The number of aryl methyl sites for hydroxylation is 1. The molecule has 0 aliphatic carbocycles. The zero-order valence-corrected chi connectivity index (χ0v) is 11.9. The first-order valence-electron chi connectivity index (χ1n) is 6.43. The maximum Gasteiger partial charge on any atom is 0.164 e. The van der Waals surface area contributed by atoms with Gasteiger partial charge in [0.1, 0.15) is 0 Å². The van der Waals surface area contributed by atoms with Crippen molar-refractivity contribution < 1.29 is 4.79 Å². The van der Waals surface area contributed by atoms with Gasteiger partial charge in [-0.2, -0.15) is 0 Å². The van der Waals surface area contributed by atoms with Crippen LogP contribution in [0.5, 0.6) is 0 Å². The van der Waals surface area contributed by atoms with Crippen LogP contribution >= 0.6 is 0 Å². The molecule has 1 aromatic rings. The minimum Gasteiger partial charge on any atom is -0.308 e. The van der Waals surface area contributed by atoms with Crippen molar-refractivity contribution in [3.05, 3.63) is 35.4 Å². The van der Waals surface area contributed by atoms with Crippen molar-refractivity contribution in [3.63, 3.8) is 0 Å². The Hall–Kier alpha value is -1.19. The highest BCUT2D eigenvalue weighted by molar-refractivity contribution is 5.97. The third-order valence-corrected chi connectivity index (χ3v) is 3.09. The molecule has 0 radical (unpaired) electrons. The molecule has 18 heavy (non-hydrogen) atoms. The standard InChI is InChI=1S/C15H24N2O/c1-13-7-5-6-8-14(13)15(18)9-10-17(4)12-11-16(2)3/h5-8H,9-12H2,1-4H3. The fraction of sp³-hybridized carbons (Fsp3) is 0.533. The van der Waals surface area contributed by atoms with Crippen LogP contribution in [0, 0.1) is 6.92 Å². The summed E-state index contributed by atoms with van der Waals surface area (Å²) < 4.78 is 0. The van der Waals surface area contributed by atoms with E-state index >= 15 is 0 Å². The molecule has 3 heteroatoms. The SMILES string of the molecule is Cc1ccccc1C(=O)CCN(C)CCN(C)C. The van der Waals surface area contributed by atoms with E-state index in [1.807, 2.05) is 31.2 Å². The number of hydrogen-bond donors (Lipinski definition) is 0. The molecule has 0 saturated heterocycles. The summed E-state index contributed by atoms with van der Waals surface area (Å²) in [7, 11) is 6.19. The van der Waals surface area contributed by atoms with Crippen LogP contribution in [0.15, 0.2) is 24.3 Å². The van der Waals surface area contributed by atoms with Crippen molar-refractivity contribution in [2.45, 2.75) is 13.3 Å². The Kier molecular flexibility index (Phi) is 6.02. The first-order chi connectivity index (χ1) is 8.50. The molecule has 0 spiro atoms. The number of likely N-dealkylation sites (N-methyl/N-ethyl adjacent to an activating group) is 2. The molecule has 0 saturated carbocycles. The van der Waals surface area contributed by atoms with E-state index in [2.05, 4.69) is 30.9 Å². The number of ketones is 1. The number of hydrogen-bond acceptors (Lipinski definition) is 3. The van der Waals surface area contributed by atoms with E-state index in [-0.39, 0.29) is 5.78 Å². The normalized spacial score (nSPS) is 11.2. The second-order valence-corrected chi connectivity index (χ2v) is 5.09. The Bertz CT molecular complexity index is 388. The van der Waals surface area contributed by atoms with Gasteiger partial charge in [0.25, 0.3) is 0 Å². The van der Waals surface area contributed by atoms with Gasteiger partial charge in [-0.15, -0.1) is 0 Å². The Morgan fingerprint density at radius 2 is 1.72 bits per heavy atom. The van der Waals surface area contributed by atoms with E-state index in [1.54, 1.807) is 0 Å². The molecule has 0 atom stereocenters. The lowest BCUT2D eigenvalue weighted by Crippen LogP contribution is -2.30. The fourth-order valence-corrected chi connectivity index (χ4v) is 1.80. The second kappa shape index (κ2) is 7.29. The minimum atomic E-state index is 0.241. The van der Waals surface area contributed by atoms with E-state index in [4.69, 9.17) is 0 Å². The van der Waals surface area contributed by atoms with Gasteiger partial charge in [-0.3, -0.25) is 4.79 Å². The van der Waals surface area contributed by atoms with Crippen molar-refractivity contribution in [1.82, 2.24) is 9.80 Å². The van der Waals surface area contributed by atoms with Crippen LogP contribution in [-0.2, 0) is 0 Å². The van der Waals surface area contributed by atoms with Gasteiger partial charge >= 0.3 is 0 Å². The first kappa shape index (κ1) is 14.9. The maximum absolute atomic E-state index is 12.1. The third-order valence-electron chi connectivity index (χ3n) is 3.09. The molecule has 0 bridgehead atoms. The van der Waals surface area contributed by atoms with E-state index < -0.39 is 0 Å². The number of carbonyl (C=O) groups is 1. The number of Topliss-reactive ketones (excluding diaryl/α,β-unsaturated/α-hetero) is 1. The summed E-state index contributed by atoms with van der Waals surface area (Å²) in [6.45, 7) is 4.83. The third kappa shape index (κ3) is 4.98. The molecule has 0 aromatic heterocycles. The maximum atomic E-state index is 12.1. The summed E-state index contributed by atoms with van der Waals surface area (Å²) in [5, 5.41) is 0. The minimum absolute atomic E-state index is 0.241. The van der Waals surface area contributed by atoms with Crippen LogP contribution in [0.4, 0.5) is 0 Å². The Labute approximate surface area is 110 Å². The fourth-order valence-electron chi connectivity index (χ4n) is 1.80. The van der Waals surface area contributed by atoms with E-state index in [9.17, 15) is 4.79 Å². The van der Waals surface area contributed by atoms with Crippen molar-refractivity contribution in [1.29, 1.82) is 0 Å². The van der Waals surface area contributed by atoms with Gasteiger partial charge in [0.2, 0.25) is 0 Å². The Morgan fingerprint density at radius 3 is 2.33 bits per heavy atom. The zero-order valence-electron chi connectivity index (χ0n) is 11.9. The molecule has 0 unspecified atom stereocenters. The van der Waals surface area contributed by atoms with Crippen LogP contribution in [0.1, 0.15) is 22.3 Å². The molecular weight excluding hydrogens is 224 g/mol. The number of benzene rings is 1. The van der Waals surface area contributed by atoms with Crippen LogP contribution in [-0.4, -0.2) is 56.4 Å². The second-order valence-electron chi connectivity index (χ2n) is 5.09. The smallest absolute Gasteiger partial charge is 0.164 e. The monoisotopic (exact) mass is 248 g/mol. The molecular formula is C15H24N2O. The summed E-state index contributed by atoms with van der Waals surface area (Å²) >= 11 is 0. The molecule has 0 heterocycles.